The van der Waals surface area contributed by atoms with Crippen molar-refractivity contribution in [1.82, 2.24) is 0 Å². The Bertz CT molecular complexity index is 1010. The van der Waals surface area contributed by atoms with Crippen LogP contribution in [0.4, 0.5) is 5.69 Å². The zero-order valence-corrected chi connectivity index (χ0v) is 16.7. The van der Waals surface area contributed by atoms with Gasteiger partial charge in [-0.15, -0.1) is 0 Å². The SMILES string of the molecule is O=C1Nc2ccccc2[C@]1([Se]c1ccccc1)[C@@H](C[N+](=O)[O-])c1ccccc1. The zero-order valence-electron chi connectivity index (χ0n) is 14.9. The summed E-state index contributed by atoms with van der Waals surface area (Å²) in [5.41, 5.74) is 2.40. The third-order valence-electron chi connectivity index (χ3n) is 4.96. The summed E-state index contributed by atoms with van der Waals surface area (Å²) in [7, 11) is 0. The van der Waals surface area contributed by atoms with Crippen LogP contribution in [0.5, 0.6) is 0 Å². The van der Waals surface area contributed by atoms with Gasteiger partial charge in [-0.25, -0.2) is 0 Å². The average Bonchev–Trinajstić information content (AvgIpc) is 2.99. The summed E-state index contributed by atoms with van der Waals surface area (Å²) in [6.45, 7) is -0.305. The molecule has 140 valence electrons. The number of rotatable bonds is 6. The monoisotopic (exact) mass is 438 g/mol. The quantitative estimate of drug-likeness (QED) is 0.366. The fourth-order valence-electron chi connectivity index (χ4n) is 3.75. The normalized spacial score (nSPS) is 18.9. The number of carbonyl (C=O) groups excluding carboxylic acids is 1. The number of nitro groups is 1. The van der Waals surface area contributed by atoms with Crippen LogP contribution in [0.1, 0.15) is 17.0 Å². The molecule has 0 aromatic heterocycles. The van der Waals surface area contributed by atoms with Gasteiger partial charge in [-0.1, -0.05) is 0 Å². The molecule has 0 spiro atoms. The van der Waals surface area contributed by atoms with Gasteiger partial charge in [0.25, 0.3) is 0 Å². The summed E-state index contributed by atoms with van der Waals surface area (Å²) in [5, 5.41) is 14.6. The summed E-state index contributed by atoms with van der Waals surface area (Å²) < 4.78 is 0.0467. The molecule has 0 saturated carbocycles. The van der Waals surface area contributed by atoms with Gasteiger partial charge in [0, 0.05) is 0 Å². The van der Waals surface area contributed by atoms with Crippen molar-refractivity contribution in [1.29, 1.82) is 0 Å². The molecule has 1 heterocycles. The van der Waals surface area contributed by atoms with Crippen molar-refractivity contribution in [2.45, 2.75) is 10.2 Å². The van der Waals surface area contributed by atoms with Gasteiger partial charge in [0.1, 0.15) is 0 Å². The summed E-state index contributed by atoms with van der Waals surface area (Å²) in [5.74, 6) is -0.721. The second-order valence-corrected chi connectivity index (χ2v) is 9.40. The number of anilines is 1. The van der Waals surface area contributed by atoms with Crippen molar-refractivity contribution in [3.8, 4) is 0 Å². The summed E-state index contributed by atoms with van der Waals surface area (Å²) in [6, 6.07) is 26.7. The van der Waals surface area contributed by atoms with Crippen LogP contribution < -0.4 is 9.78 Å². The van der Waals surface area contributed by atoms with E-state index in [0.717, 1.165) is 21.3 Å². The maximum absolute atomic E-state index is 13.4. The van der Waals surface area contributed by atoms with E-state index in [-0.39, 0.29) is 32.3 Å². The molecule has 28 heavy (non-hydrogen) atoms. The Morgan fingerprint density at radius 2 is 1.54 bits per heavy atom. The van der Waals surface area contributed by atoms with Gasteiger partial charge >= 0.3 is 169 Å². The van der Waals surface area contributed by atoms with Gasteiger partial charge in [0.2, 0.25) is 0 Å². The van der Waals surface area contributed by atoms with E-state index in [1.54, 1.807) is 0 Å². The number of nitrogens with one attached hydrogen (secondary N) is 1. The molecule has 4 rings (SSSR count). The molecule has 0 bridgehead atoms. The first-order valence-electron chi connectivity index (χ1n) is 8.93. The van der Waals surface area contributed by atoms with Crippen LogP contribution in [0.15, 0.2) is 84.9 Å². The fourth-order valence-corrected chi connectivity index (χ4v) is 6.79. The van der Waals surface area contributed by atoms with E-state index < -0.39 is 10.2 Å². The van der Waals surface area contributed by atoms with E-state index in [2.05, 4.69) is 5.32 Å². The van der Waals surface area contributed by atoms with Crippen LogP contribution >= 0.6 is 0 Å². The Labute approximate surface area is 169 Å². The topological polar surface area (TPSA) is 72.2 Å². The predicted octanol–water partition coefficient (Wildman–Crippen LogP) is 2.92. The first-order valence-corrected chi connectivity index (χ1v) is 10.6. The molecule has 1 N–H and O–H groups in total. The van der Waals surface area contributed by atoms with Crippen molar-refractivity contribution < 1.29 is 9.72 Å². The van der Waals surface area contributed by atoms with Crippen LogP contribution in [0.3, 0.4) is 0 Å². The Morgan fingerprint density at radius 3 is 2.21 bits per heavy atom. The molecule has 0 unspecified atom stereocenters. The number of carbonyl (C=O) groups is 1. The van der Waals surface area contributed by atoms with E-state index >= 15 is 0 Å². The molecule has 1 aliphatic heterocycles. The van der Waals surface area contributed by atoms with E-state index in [4.69, 9.17) is 0 Å². The minimum atomic E-state index is -0.987. The second kappa shape index (κ2) is 7.58. The van der Waals surface area contributed by atoms with Gasteiger partial charge < -0.3 is 0 Å². The standard InChI is InChI=1S/C22H18N2O3Se/c25-21-22(28-17-11-5-2-6-12-17,18-13-7-8-14-20(18)23-21)19(15-24(26)27)16-9-3-1-4-10-16/h1-14,19H,15H2,(H,23,25)/t19-,22-/m0/s1. The number of para-hydroxylation sites is 1. The number of fused-ring (bicyclic) bond motifs is 1. The molecule has 1 amide bonds. The molecule has 3 aromatic carbocycles. The third kappa shape index (κ3) is 3.21. The molecular weight excluding hydrogens is 419 g/mol. The summed E-state index contributed by atoms with van der Waals surface area (Å²) in [4.78, 5) is 24.8. The molecule has 0 fully saturated rings. The molecule has 6 heteroatoms. The first kappa shape index (κ1) is 18.4. The van der Waals surface area contributed by atoms with Crippen molar-refractivity contribution in [3.05, 3.63) is 106 Å². The molecule has 1 aliphatic rings. The molecule has 5 nitrogen and oxygen atoms in total. The molecule has 2 atom stereocenters. The van der Waals surface area contributed by atoms with Crippen molar-refractivity contribution in [3.63, 3.8) is 0 Å². The van der Waals surface area contributed by atoms with E-state index in [1.807, 2.05) is 84.9 Å². The van der Waals surface area contributed by atoms with Crippen molar-refractivity contribution >= 4 is 31.0 Å². The van der Waals surface area contributed by atoms with Crippen LogP contribution in [-0.4, -0.2) is 32.3 Å². The van der Waals surface area contributed by atoms with E-state index in [9.17, 15) is 14.9 Å². The van der Waals surface area contributed by atoms with Gasteiger partial charge in [0.15, 0.2) is 0 Å². The zero-order chi connectivity index (χ0) is 19.6. The maximum atomic E-state index is 13.4. The Balaban J connectivity index is 1.94. The molecule has 0 aliphatic carbocycles. The van der Waals surface area contributed by atoms with Gasteiger partial charge in [-0.2, -0.15) is 0 Å². The second-order valence-electron chi connectivity index (χ2n) is 6.63. The molecule has 0 radical (unpaired) electrons. The Kier molecular flexibility index (Phi) is 4.99. The van der Waals surface area contributed by atoms with Crippen molar-refractivity contribution in [2.24, 2.45) is 0 Å². The van der Waals surface area contributed by atoms with E-state index in [1.165, 1.54) is 0 Å². The van der Waals surface area contributed by atoms with Crippen LogP contribution in [-0.2, 0) is 9.11 Å². The van der Waals surface area contributed by atoms with Gasteiger partial charge in [-0.3, -0.25) is 0 Å². The first-order chi connectivity index (χ1) is 13.6. The Morgan fingerprint density at radius 1 is 0.929 bits per heavy atom. The third-order valence-corrected chi connectivity index (χ3v) is 8.15. The van der Waals surface area contributed by atoms with Crippen LogP contribution in [0.2, 0.25) is 0 Å². The fraction of sp³-hybridized carbons (Fsp3) is 0.136. The predicted molar refractivity (Wildman–Crippen MR) is 110 cm³/mol. The number of hydrogen-bond acceptors (Lipinski definition) is 3. The van der Waals surface area contributed by atoms with E-state index in [0.29, 0.717) is 0 Å². The average molecular weight is 437 g/mol. The number of nitrogens with zero attached hydrogens (tertiary/aromatic N) is 1. The number of hydrogen-bond donors (Lipinski definition) is 1. The van der Waals surface area contributed by atoms with Gasteiger partial charge in [-0.05, 0) is 0 Å². The molecule has 3 aromatic rings. The van der Waals surface area contributed by atoms with Gasteiger partial charge in [0.05, 0.1) is 0 Å². The van der Waals surface area contributed by atoms with Crippen LogP contribution in [0, 0.1) is 10.1 Å². The molecular formula is C22H18N2O3Se. The van der Waals surface area contributed by atoms with Crippen LogP contribution in [0.25, 0.3) is 0 Å². The minimum absolute atomic E-state index is 0.159. The number of amides is 1. The Hall–Kier alpha value is -2.95. The summed E-state index contributed by atoms with van der Waals surface area (Å²) in [6.07, 6.45) is 0. The van der Waals surface area contributed by atoms with Crippen molar-refractivity contribution in [2.75, 3.05) is 11.9 Å². The number of benzene rings is 3. The molecule has 0 saturated heterocycles. The summed E-state index contributed by atoms with van der Waals surface area (Å²) >= 11 is -0.346.